The van der Waals surface area contributed by atoms with Gasteiger partial charge in [-0.3, -0.25) is 4.79 Å². The second kappa shape index (κ2) is 8.75. The summed E-state index contributed by atoms with van der Waals surface area (Å²) in [7, 11) is -0.549. The van der Waals surface area contributed by atoms with Gasteiger partial charge in [-0.15, -0.1) is 0 Å². The maximum Gasteiger partial charge on any atom is 0.246 e. The molecule has 1 N–H and O–H groups in total. The fourth-order valence-electron chi connectivity index (χ4n) is 2.94. The molecule has 0 fully saturated rings. The molecule has 28 heavy (non-hydrogen) atoms. The van der Waals surface area contributed by atoms with Crippen molar-refractivity contribution < 1.29 is 13.2 Å². The lowest BCUT2D eigenvalue weighted by Gasteiger charge is -2.27. The van der Waals surface area contributed by atoms with Crippen LogP contribution in [0.25, 0.3) is 0 Å². The molecule has 2 rings (SSSR count). The molecule has 0 heterocycles. The molecule has 0 unspecified atom stereocenters. The van der Waals surface area contributed by atoms with E-state index in [-0.39, 0.29) is 23.4 Å². The summed E-state index contributed by atoms with van der Waals surface area (Å²) in [5, 5.41) is 3.14. The molecule has 6 nitrogen and oxygen atoms in total. The van der Waals surface area contributed by atoms with E-state index in [1.807, 2.05) is 58.0 Å². The zero-order chi connectivity index (χ0) is 21.1. The quantitative estimate of drug-likeness (QED) is 0.769. The highest BCUT2D eigenvalue weighted by molar-refractivity contribution is 7.89. The van der Waals surface area contributed by atoms with Crippen molar-refractivity contribution in [2.24, 2.45) is 0 Å². The van der Waals surface area contributed by atoms with Crippen LogP contribution in [0.5, 0.6) is 0 Å². The normalized spacial score (nSPS) is 11.7. The number of sulfonamides is 1. The summed E-state index contributed by atoms with van der Waals surface area (Å²) in [5.74, 6) is -0.0841. The van der Waals surface area contributed by atoms with Gasteiger partial charge >= 0.3 is 0 Å². The van der Waals surface area contributed by atoms with Crippen LogP contribution in [0, 0.1) is 13.8 Å². The molecule has 2 aromatic carbocycles. The number of amides is 1. The van der Waals surface area contributed by atoms with E-state index in [9.17, 15) is 13.2 Å². The maximum absolute atomic E-state index is 12.9. The van der Waals surface area contributed by atoms with Gasteiger partial charge in [0.05, 0.1) is 11.4 Å². The van der Waals surface area contributed by atoms with Gasteiger partial charge in [0.15, 0.2) is 0 Å². The molecular weight excluding hydrogens is 374 g/mol. The highest BCUT2D eigenvalue weighted by atomic mass is 32.2. The van der Waals surface area contributed by atoms with Gasteiger partial charge < -0.3 is 10.2 Å². The predicted octanol–water partition coefficient (Wildman–Crippen LogP) is 3.41. The first-order chi connectivity index (χ1) is 13.1. The number of nitrogens with zero attached hydrogens (tertiary/aromatic N) is 2. The third-order valence-electron chi connectivity index (χ3n) is 4.67. The van der Waals surface area contributed by atoms with Crippen molar-refractivity contribution in [3.8, 4) is 0 Å². The van der Waals surface area contributed by atoms with Crippen LogP contribution in [0.4, 0.5) is 11.4 Å². The zero-order valence-electron chi connectivity index (χ0n) is 17.4. The van der Waals surface area contributed by atoms with Crippen LogP contribution in [0.1, 0.15) is 25.0 Å². The zero-order valence-corrected chi connectivity index (χ0v) is 18.2. The van der Waals surface area contributed by atoms with Gasteiger partial charge in [0, 0.05) is 31.5 Å². The highest BCUT2D eigenvalue weighted by Crippen LogP contribution is 2.26. The van der Waals surface area contributed by atoms with E-state index in [1.165, 1.54) is 18.4 Å². The summed E-state index contributed by atoms with van der Waals surface area (Å²) in [4.78, 5) is 14.8. The predicted molar refractivity (Wildman–Crippen MR) is 114 cm³/mol. The summed E-state index contributed by atoms with van der Waals surface area (Å²) in [6.45, 7) is 7.76. The number of hydrogen-bond donors (Lipinski definition) is 1. The van der Waals surface area contributed by atoms with E-state index in [0.717, 1.165) is 16.8 Å². The highest BCUT2D eigenvalue weighted by Gasteiger charge is 2.21. The molecule has 0 aromatic heterocycles. The maximum atomic E-state index is 12.9. The number of rotatable bonds is 7. The van der Waals surface area contributed by atoms with Crippen LogP contribution in [0.3, 0.4) is 0 Å². The minimum absolute atomic E-state index is 0.0000128. The lowest BCUT2D eigenvalue weighted by atomic mass is 10.1. The number of aryl methyl sites for hydroxylation is 1. The topological polar surface area (TPSA) is 69.7 Å². The Labute approximate surface area is 168 Å². The number of anilines is 2. The molecule has 0 atom stereocenters. The molecule has 0 bridgehead atoms. The molecule has 0 saturated carbocycles. The van der Waals surface area contributed by atoms with E-state index < -0.39 is 10.0 Å². The van der Waals surface area contributed by atoms with Crippen molar-refractivity contribution in [2.75, 3.05) is 30.9 Å². The SMILES string of the molecule is Cc1cc(S(=O)(=O)N(C)C)cc(NCC(=O)N(c2ccccc2)C(C)C)c1C. The molecule has 0 radical (unpaired) electrons. The van der Waals surface area contributed by atoms with E-state index >= 15 is 0 Å². The lowest BCUT2D eigenvalue weighted by Crippen LogP contribution is -2.40. The Morgan fingerprint density at radius 3 is 2.21 bits per heavy atom. The molecule has 0 aliphatic rings. The number of para-hydroxylation sites is 1. The van der Waals surface area contributed by atoms with Gasteiger partial charge in [-0.05, 0) is 63.1 Å². The summed E-state index contributed by atoms with van der Waals surface area (Å²) < 4.78 is 26.2. The van der Waals surface area contributed by atoms with Crippen LogP contribution >= 0.6 is 0 Å². The minimum Gasteiger partial charge on any atom is -0.376 e. The molecule has 7 heteroatoms. The largest absolute Gasteiger partial charge is 0.376 e. The molecule has 0 spiro atoms. The van der Waals surface area contributed by atoms with Gasteiger partial charge in [0.1, 0.15) is 0 Å². The van der Waals surface area contributed by atoms with Crippen molar-refractivity contribution in [2.45, 2.75) is 38.6 Å². The fraction of sp³-hybridized carbons (Fsp3) is 0.381. The average Bonchev–Trinajstić information content (AvgIpc) is 2.63. The number of carbonyl (C=O) groups excluding carboxylic acids is 1. The third kappa shape index (κ3) is 4.72. The molecule has 0 aliphatic carbocycles. The Morgan fingerprint density at radius 1 is 1.07 bits per heavy atom. The second-order valence-electron chi connectivity index (χ2n) is 7.25. The molecule has 2 aromatic rings. The molecule has 0 aliphatic heterocycles. The van der Waals surface area contributed by atoms with Crippen molar-refractivity contribution in [1.29, 1.82) is 0 Å². The summed E-state index contributed by atoms with van der Waals surface area (Å²) >= 11 is 0. The Hall–Kier alpha value is -2.38. The first kappa shape index (κ1) is 21.9. The third-order valence-corrected chi connectivity index (χ3v) is 6.46. The lowest BCUT2D eigenvalue weighted by molar-refractivity contribution is -0.117. The second-order valence-corrected chi connectivity index (χ2v) is 9.40. The van der Waals surface area contributed by atoms with Gasteiger partial charge in [-0.25, -0.2) is 12.7 Å². The van der Waals surface area contributed by atoms with Gasteiger partial charge in [-0.2, -0.15) is 0 Å². The number of hydrogen-bond acceptors (Lipinski definition) is 4. The minimum atomic E-state index is -3.55. The number of benzene rings is 2. The Morgan fingerprint density at radius 2 is 1.68 bits per heavy atom. The Kier molecular flexibility index (Phi) is 6.85. The van der Waals surface area contributed by atoms with Crippen LogP contribution < -0.4 is 10.2 Å². The van der Waals surface area contributed by atoms with Crippen LogP contribution in [-0.2, 0) is 14.8 Å². The average molecular weight is 404 g/mol. The summed E-state index contributed by atoms with van der Waals surface area (Å²) in [6, 6.07) is 12.8. The van der Waals surface area contributed by atoms with E-state index in [4.69, 9.17) is 0 Å². The molecule has 0 saturated heterocycles. The summed E-state index contributed by atoms with van der Waals surface area (Å²) in [5.41, 5.74) is 3.25. The van der Waals surface area contributed by atoms with Crippen molar-refractivity contribution in [3.05, 3.63) is 53.6 Å². The van der Waals surface area contributed by atoms with Crippen molar-refractivity contribution >= 4 is 27.3 Å². The van der Waals surface area contributed by atoms with E-state index in [2.05, 4.69) is 5.32 Å². The number of carbonyl (C=O) groups is 1. The van der Waals surface area contributed by atoms with E-state index in [1.54, 1.807) is 17.0 Å². The van der Waals surface area contributed by atoms with Crippen molar-refractivity contribution in [1.82, 2.24) is 4.31 Å². The fourth-order valence-corrected chi connectivity index (χ4v) is 3.96. The van der Waals surface area contributed by atoms with Gasteiger partial charge in [-0.1, -0.05) is 18.2 Å². The van der Waals surface area contributed by atoms with Gasteiger partial charge in [0.25, 0.3) is 0 Å². The first-order valence-corrected chi connectivity index (χ1v) is 10.6. The van der Waals surface area contributed by atoms with Crippen LogP contribution in [0.15, 0.2) is 47.4 Å². The molecule has 1 amide bonds. The molecular formula is C21H29N3O3S. The Balaban J connectivity index is 2.28. The van der Waals surface area contributed by atoms with E-state index in [0.29, 0.717) is 5.69 Å². The summed E-state index contributed by atoms with van der Waals surface area (Å²) in [6.07, 6.45) is 0. The van der Waals surface area contributed by atoms with Crippen LogP contribution in [-0.4, -0.2) is 45.3 Å². The standard InChI is InChI=1S/C21H29N3O3S/c1-15(2)24(18-10-8-7-9-11-18)21(25)14-22-20-13-19(12-16(3)17(20)4)28(26,27)23(5)6/h7-13,15,22H,14H2,1-6H3. The monoisotopic (exact) mass is 403 g/mol. The number of nitrogens with one attached hydrogen (secondary N) is 1. The molecule has 152 valence electrons. The Bertz CT molecular complexity index is 939. The van der Waals surface area contributed by atoms with Crippen molar-refractivity contribution in [3.63, 3.8) is 0 Å². The first-order valence-electron chi connectivity index (χ1n) is 9.20. The van der Waals surface area contributed by atoms with Gasteiger partial charge in [0.2, 0.25) is 15.9 Å². The van der Waals surface area contributed by atoms with Crippen LogP contribution in [0.2, 0.25) is 0 Å². The smallest absolute Gasteiger partial charge is 0.246 e.